The van der Waals surface area contributed by atoms with E-state index in [4.69, 9.17) is 4.74 Å². The summed E-state index contributed by atoms with van der Waals surface area (Å²) < 4.78 is 5.29. The minimum absolute atomic E-state index is 0.0222. The van der Waals surface area contributed by atoms with Gasteiger partial charge < -0.3 is 20.3 Å². The Balaban J connectivity index is 1.52. The van der Waals surface area contributed by atoms with Crippen LogP contribution in [0, 0.1) is 0 Å². The van der Waals surface area contributed by atoms with Crippen LogP contribution in [-0.4, -0.2) is 49.5 Å². The molecule has 6 heteroatoms. The zero-order valence-corrected chi connectivity index (χ0v) is 13.3. The molecular weight excluding hydrogens is 294 g/mol. The zero-order chi connectivity index (χ0) is 16.1. The molecule has 0 bridgehead atoms. The van der Waals surface area contributed by atoms with Crippen LogP contribution >= 0.6 is 0 Å². The number of carbonyl (C=O) groups excluding carboxylic acids is 2. The molecule has 1 aromatic rings. The Morgan fingerprint density at radius 2 is 2.00 bits per heavy atom. The van der Waals surface area contributed by atoms with Crippen molar-refractivity contribution in [2.45, 2.75) is 25.7 Å². The minimum atomic E-state index is -0.198. The van der Waals surface area contributed by atoms with Crippen LogP contribution < -0.4 is 15.4 Å². The van der Waals surface area contributed by atoms with Crippen LogP contribution in [0.5, 0.6) is 5.75 Å². The Labute approximate surface area is 136 Å². The van der Waals surface area contributed by atoms with Crippen molar-refractivity contribution < 1.29 is 14.3 Å². The molecule has 124 valence electrons. The fourth-order valence-electron chi connectivity index (χ4n) is 3.01. The molecule has 0 aromatic heterocycles. The maximum atomic E-state index is 12.2. The van der Waals surface area contributed by atoms with Gasteiger partial charge >= 0.3 is 0 Å². The molecule has 1 fully saturated rings. The summed E-state index contributed by atoms with van der Waals surface area (Å²) in [4.78, 5) is 26.0. The molecule has 1 aromatic carbocycles. The second-order valence-electron chi connectivity index (χ2n) is 6.06. The van der Waals surface area contributed by atoms with Gasteiger partial charge in [0.2, 0.25) is 0 Å². The third kappa shape index (κ3) is 4.22. The maximum absolute atomic E-state index is 12.2. The first-order valence-corrected chi connectivity index (χ1v) is 8.29. The second-order valence-corrected chi connectivity index (χ2v) is 6.06. The van der Waals surface area contributed by atoms with E-state index in [2.05, 4.69) is 15.5 Å². The molecule has 1 saturated heterocycles. The van der Waals surface area contributed by atoms with Crippen LogP contribution in [0.3, 0.4) is 0 Å². The predicted molar refractivity (Wildman–Crippen MR) is 87.8 cm³/mol. The topological polar surface area (TPSA) is 70.7 Å². The minimum Gasteiger partial charge on any atom is -0.482 e. The van der Waals surface area contributed by atoms with Crippen LogP contribution in [0.2, 0.25) is 0 Å². The average Bonchev–Trinajstić information content (AvgIpc) is 2.83. The summed E-state index contributed by atoms with van der Waals surface area (Å²) in [6.07, 6.45) is 5.12. The molecule has 2 aliphatic rings. The number of fused-ring (bicyclic) bond motifs is 1. The Bertz CT molecular complexity index is 580. The molecule has 6 nitrogen and oxygen atoms in total. The van der Waals surface area contributed by atoms with Crippen LogP contribution in [0.4, 0.5) is 5.69 Å². The fourth-order valence-corrected chi connectivity index (χ4v) is 3.01. The van der Waals surface area contributed by atoms with E-state index in [1.54, 1.807) is 18.2 Å². The highest BCUT2D eigenvalue weighted by Gasteiger charge is 2.18. The van der Waals surface area contributed by atoms with Gasteiger partial charge in [-0.1, -0.05) is 12.8 Å². The highest BCUT2D eigenvalue weighted by molar-refractivity contribution is 5.99. The van der Waals surface area contributed by atoms with Crippen LogP contribution in [0.25, 0.3) is 0 Å². The normalized spacial score (nSPS) is 18.3. The number of carbonyl (C=O) groups is 2. The van der Waals surface area contributed by atoms with Gasteiger partial charge in [0.25, 0.3) is 11.8 Å². The fraction of sp³-hybridized carbons (Fsp3) is 0.529. The highest BCUT2D eigenvalue weighted by atomic mass is 16.5. The lowest BCUT2D eigenvalue weighted by molar-refractivity contribution is -0.118. The number of nitrogens with one attached hydrogen (secondary N) is 2. The van der Waals surface area contributed by atoms with E-state index in [1.165, 1.54) is 25.7 Å². The third-order valence-corrected chi connectivity index (χ3v) is 4.29. The SMILES string of the molecule is O=C1COc2ccc(C(=O)NCCN3CCCCCC3)cc2N1. The van der Waals surface area contributed by atoms with Gasteiger partial charge in [-0.3, -0.25) is 9.59 Å². The van der Waals surface area contributed by atoms with Crippen molar-refractivity contribution in [1.82, 2.24) is 10.2 Å². The van der Waals surface area contributed by atoms with Crippen molar-refractivity contribution >= 4 is 17.5 Å². The smallest absolute Gasteiger partial charge is 0.262 e. The Kier molecular flexibility index (Phi) is 5.12. The molecule has 2 N–H and O–H groups in total. The molecule has 2 aliphatic heterocycles. The molecular formula is C17H23N3O3. The van der Waals surface area contributed by atoms with Gasteiger partial charge in [-0.15, -0.1) is 0 Å². The number of benzene rings is 1. The number of ether oxygens (including phenoxy) is 1. The number of anilines is 1. The van der Waals surface area contributed by atoms with Crippen molar-refractivity contribution in [3.8, 4) is 5.75 Å². The van der Waals surface area contributed by atoms with E-state index in [0.717, 1.165) is 19.6 Å². The molecule has 0 atom stereocenters. The first-order chi connectivity index (χ1) is 11.2. The monoisotopic (exact) mass is 317 g/mol. The van der Waals surface area contributed by atoms with E-state index in [0.29, 0.717) is 23.5 Å². The predicted octanol–water partition coefficient (Wildman–Crippen LogP) is 1.62. The van der Waals surface area contributed by atoms with Gasteiger partial charge in [0, 0.05) is 18.7 Å². The van der Waals surface area contributed by atoms with E-state index in [9.17, 15) is 9.59 Å². The van der Waals surface area contributed by atoms with E-state index < -0.39 is 0 Å². The first kappa shape index (κ1) is 15.8. The van der Waals surface area contributed by atoms with Crippen molar-refractivity contribution in [2.75, 3.05) is 38.1 Å². The largest absolute Gasteiger partial charge is 0.482 e. The lowest BCUT2D eigenvalue weighted by atomic mass is 10.1. The standard InChI is InChI=1S/C17H23N3O3/c21-16-12-23-15-6-5-13(11-14(15)19-16)17(22)18-7-10-20-8-3-1-2-4-9-20/h5-6,11H,1-4,7-10,12H2,(H,18,22)(H,19,21). The summed E-state index contributed by atoms with van der Waals surface area (Å²) in [5.41, 5.74) is 1.09. The molecule has 0 aliphatic carbocycles. The molecule has 3 rings (SSSR count). The average molecular weight is 317 g/mol. The molecule has 2 amide bonds. The number of hydrogen-bond donors (Lipinski definition) is 2. The Morgan fingerprint density at radius 1 is 1.22 bits per heavy atom. The number of likely N-dealkylation sites (tertiary alicyclic amines) is 1. The van der Waals surface area contributed by atoms with Crippen LogP contribution in [0.15, 0.2) is 18.2 Å². The molecule has 23 heavy (non-hydrogen) atoms. The molecule has 0 radical (unpaired) electrons. The number of nitrogens with zero attached hydrogens (tertiary/aromatic N) is 1. The second kappa shape index (κ2) is 7.46. The zero-order valence-electron chi connectivity index (χ0n) is 13.3. The summed E-state index contributed by atoms with van der Waals surface area (Å²) in [7, 11) is 0. The van der Waals surface area contributed by atoms with Gasteiger partial charge in [0.1, 0.15) is 5.75 Å². The van der Waals surface area contributed by atoms with Crippen molar-refractivity contribution in [3.05, 3.63) is 23.8 Å². The molecule has 0 spiro atoms. The molecule has 2 heterocycles. The molecule has 0 unspecified atom stereocenters. The summed E-state index contributed by atoms with van der Waals surface area (Å²) in [6, 6.07) is 5.10. The number of hydrogen-bond acceptors (Lipinski definition) is 4. The lowest BCUT2D eigenvalue weighted by Gasteiger charge is -2.20. The van der Waals surface area contributed by atoms with Gasteiger partial charge in [0.15, 0.2) is 6.61 Å². The van der Waals surface area contributed by atoms with Crippen LogP contribution in [0.1, 0.15) is 36.0 Å². The maximum Gasteiger partial charge on any atom is 0.262 e. The number of amides is 2. The summed E-state index contributed by atoms with van der Waals surface area (Å²) in [5, 5.41) is 5.67. The first-order valence-electron chi connectivity index (χ1n) is 8.29. The van der Waals surface area contributed by atoms with E-state index in [-0.39, 0.29) is 18.4 Å². The third-order valence-electron chi connectivity index (χ3n) is 4.29. The Morgan fingerprint density at radius 3 is 2.78 bits per heavy atom. The summed E-state index contributed by atoms with van der Waals surface area (Å²) in [5.74, 6) is 0.282. The molecule has 0 saturated carbocycles. The van der Waals surface area contributed by atoms with Gasteiger partial charge in [0.05, 0.1) is 5.69 Å². The van der Waals surface area contributed by atoms with Crippen molar-refractivity contribution in [2.24, 2.45) is 0 Å². The van der Waals surface area contributed by atoms with E-state index >= 15 is 0 Å². The quantitative estimate of drug-likeness (QED) is 0.885. The number of rotatable bonds is 4. The van der Waals surface area contributed by atoms with Gasteiger partial charge in [-0.2, -0.15) is 0 Å². The summed E-state index contributed by atoms with van der Waals surface area (Å²) in [6.45, 7) is 3.79. The van der Waals surface area contributed by atoms with Crippen molar-refractivity contribution in [3.63, 3.8) is 0 Å². The van der Waals surface area contributed by atoms with Gasteiger partial charge in [-0.05, 0) is 44.1 Å². The van der Waals surface area contributed by atoms with Gasteiger partial charge in [-0.25, -0.2) is 0 Å². The van der Waals surface area contributed by atoms with Crippen LogP contribution in [-0.2, 0) is 4.79 Å². The van der Waals surface area contributed by atoms with Crippen molar-refractivity contribution in [1.29, 1.82) is 0 Å². The summed E-state index contributed by atoms with van der Waals surface area (Å²) >= 11 is 0. The van der Waals surface area contributed by atoms with E-state index in [1.807, 2.05) is 0 Å². The highest BCUT2D eigenvalue weighted by Crippen LogP contribution is 2.28. The Hall–Kier alpha value is -2.08. The lowest BCUT2D eigenvalue weighted by Crippen LogP contribution is -2.35.